The zero-order chi connectivity index (χ0) is 11.8. The van der Waals surface area contributed by atoms with E-state index in [4.69, 9.17) is 21.1 Å². The highest BCUT2D eigenvalue weighted by Gasteiger charge is 2.45. The predicted molar refractivity (Wildman–Crippen MR) is 66.0 cm³/mol. The van der Waals surface area contributed by atoms with Crippen molar-refractivity contribution >= 4 is 11.6 Å². The number of hydrogen-bond acceptors (Lipinski definition) is 2. The van der Waals surface area contributed by atoms with Gasteiger partial charge in [-0.2, -0.15) is 0 Å². The first-order valence-electron chi connectivity index (χ1n) is 6.33. The molecule has 2 aliphatic rings. The highest BCUT2D eigenvalue weighted by Crippen LogP contribution is 2.44. The SMILES string of the molecule is CC1OCCC1(CCl)CC1CCC(C)(C)O1. The molecule has 2 nitrogen and oxygen atoms in total. The Labute approximate surface area is 104 Å². The third-order valence-corrected chi connectivity index (χ3v) is 4.82. The minimum atomic E-state index is 0.0564. The number of rotatable bonds is 3. The highest BCUT2D eigenvalue weighted by molar-refractivity contribution is 6.18. The summed E-state index contributed by atoms with van der Waals surface area (Å²) in [6.45, 7) is 7.35. The molecule has 0 bridgehead atoms. The summed E-state index contributed by atoms with van der Waals surface area (Å²) in [4.78, 5) is 0. The molecule has 3 atom stereocenters. The maximum atomic E-state index is 6.17. The minimum absolute atomic E-state index is 0.0564. The molecule has 0 saturated carbocycles. The molecule has 2 heterocycles. The van der Waals surface area contributed by atoms with Crippen LogP contribution >= 0.6 is 11.6 Å². The second-order valence-electron chi connectivity index (χ2n) is 6.00. The van der Waals surface area contributed by atoms with E-state index >= 15 is 0 Å². The summed E-state index contributed by atoms with van der Waals surface area (Å²) in [5.41, 5.74) is 0.202. The van der Waals surface area contributed by atoms with Crippen molar-refractivity contribution in [2.75, 3.05) is 12.5 Å². The van der Waals surface area contributed by atoms with Crippen molar-refractivity contribution < 1.29 is 9.47 Å². The molecule has 3 heteroatoms. The average Bonchev–Trinajstić information content (AvgIpc) is 2.72. The van der Waals surface area contributed by atoms with Crippen molar-refractivity contribution in [2.24, 2.45) is 5.41 Å². The molecule has 16 heavy (non-hydrogen) atoms. The molecule has 2 rings (SSSR count). The molecule has 0 amide bonds. The van der Waals surface area contributed by atoms with Crippen molar-refractivity contribution in [3.05, 3.63) is 0 Å². The Balaban J connectivity index is 1.98. The Hall–Kier alpha value is 0.210. The van der Waals surface area contributed by atoms with Crippen molar-refractivity contribution in [3.8, 4) is 0 Å². The van der Waals surface area contributed by atoms with Crippen molar-refractivity contribution in [3.63, 3.8) is 0 Å². The molecule has 2 saturated heterocycles. The molecular formula is C13H23ClO2. The molecule has 0 aromatic rings. The fourth-order valence-corrected chi connectivity index (χ4v) is 3.45. The first-order chi connectivity index (χ1) is 7.47. The van der Waals surface area contributed by atoms with Crippen molar-refractivity contribution in [2.45, 2.75) is 64.3 Å². The maximum Gasteiger partial charge on any atom is 0.0631 e. The molecule has 0 N–H and O–H groups in total. The van der Waals surface area contributed by atoms with E-state index < -0.39 is 0 Å². The number of alkyl halides is 1. The smallest absolute Gasteiger partial charge is 0.0631 e. The van der Waals surface area contributed by atoms with Crippen LogP contribution in [-0.4, -0.2) is 30.3 Å². The van der Waals surface area contributed by atoms with E-state index in [9.17, 15) is 0 Å². The maximum absolute atomic E-state index is 6.17. The van der Waals surface area contributed by atoms with E-state index in [2.05, 4.69) is 20.8 Å². The lowest BCUT2D eigenvalue weighted by Crippen LogP contribution is -2.35. The fraction of sp³-hybridized carbons (Fsp3) is 1.00. The lowest BCUT2D eigenvalue weighted by Gasteiger charge is -2.33. The van der Waals surface area contributed by atoms with Crippen LogP contribution in [0.4, 0.5) is 0 Å². The van der Waals surface area contributed by atoms with Crippen LogP contribution in [-0.2, 0) is 9.47 Å². The van der Waals surface area contributed by atoms with Crippen LogP contribution < -0.4 is 0 Å². The number of hydrogen-bond donors (Lipinski definition) is 0. The Bertz CT molecular complexity index is 254. The summed E-state index contributed by atoms with van der Waals surface area (Å²) >= 11 is 6.17. The van der Waals surface area contributed by atoms with Gasteiger partial charge in [0.1, 0.15) is 0 Å². The lowest BCUT2D eigenvalue weighted by atomic mass is 9.78. The Morgan fingerprint density at radius 1 is 1.31 bits per heavy atom. The van der Waals surface area contributed by atoms with Crippen LogP contribution in [0.2, 0.25) is 0 Å². The predicted octanol–water partition coefficient (Wildman–Crippen LogP) is 3.37. The van der Waals surface area contributed by atoms with E-state index in [-0.39, 0.29) is 17.1 Å². The molecule has 0 aliphatic carbocycles. The van der Waals surface area contributed by atoms with Crippen molar-refractivity contribution in [1.29, 1.82) is 0 Å². The summed E-state index contributed by atoms with van der Waals surface area (Å²) in [6.07, 6.45) is 5.11. The van der Waals surface area contributed by atoms with Gasteiger partial charge in [0, 0.05) is 17.9 Å². The van der Waals surface area contributed by atoms with Crippen LogP contribution in [0.1, 0.15) is 46.5 Å². The molecule has 94 valence electrons. The Kier molecular flexibility index (Phi) is 3.54. The third kappa shape index (κ3) is 2.39. The van der Waals surface area contributed by atoms with Gasteiger partial charge in [0.2, 0.25) is 0 Å². The Morgan fingerprint density at radius 2 is 2.06 bits per heavy atom. The first kappa shape index (κ1) is 12.7. The third-order valence-electron chi connectivity index (χ3n) is 4.28. The summed E-state index contributed by atoms with van der Waals surface area (Å²) in [6, 6.07) is 0. The van der Waals surface area contributed by atoms with Gasteiger partial charge in [-0.05, 0) is 46.5 Å². The molecule has 0 aromatic carbocycles. The highest BCUT2D eigenvalue weighted by atomic mass is 35.5. The van der Waals surface area contributed by atoms with Gasteiger partial charge in [0.25, 0.3) is 0 Å². The second kappa shape index (κ2) is 4.47. The van der Waals surface area contributed by atoms with Gasteiger partial charge in [-0.1, -0.05) is 0 Å². The molecular weight excluding hydrogens is 224 g/mol. The van der Waals surface area contributed by atoms with E-state index in [0.717, 1.165) is 25.9 Å². The number of ether oxygens (including phenoxy) is 2. The van der Waals surface area contributed by atoms with Gasteiger partial charge >= 0.3 is 0 Å². The van der Waals surface area contributed by atoms with Crippen LogP contribution in [0.3, 0.4) is 0 Å². The standard InChI is InChI=1S/C13H23ClO2/c1-10-13(9-14,6-7-15-10)8-11-4-5-12(2,3)16-11/h10-11H,4-9H2,1-3H3. The van der Waals surface area contributed by atoms with Gasteiger partial charge in [0.15, 0.2) is 0 Å². The van der Waals surface area contributed by atoms with Gasteiger partial charge < -0.3 is 9.47 Å². The van der Waals surface area contributed by atoms with Crippen LogP contribution in [0.5, 0.6) is 0 Å². The van der Waals surface area contributed by atoms with Crippen LogP contribution in [0.15, 0.2) is 0 Å². The monoisotopic (exact) mass is 246 g/mol. The quantitative estimate of drug-likeness (QED) is 0.711. The van der Waals surface area contributed by atoms with Crippen LogP contribution in [0, 0.1) is 5.41 Å². The van der Waals surface area contributed by atoms with E-state index in [1.807, 2.05) is 0 Å². The Morgan fingerprint density at radius 3 is 2.50 bits per heavy atom. The van der Waals surface area contributed by atoms with Gasteiger partial charge in [-0.3, -0.25) is 0 Å². The molecule has 0 aromatic heterocycles. The molecule has 0 radical (unpaired) electrons. The van der Waals surface area contributed by atoms with Crippen LogP contribution in [0.25, 0.3) is 0 Å². The first-order valence-corrected chi connectivity index (χ1v) is 6.86. The normalized spacial score (nSPS) is 42.8. The molecule has 0 spiro atoms. The van der Waals surface area contributed by atoms with Gasteiger partial charge in [-0.25, -0.2) is 0 Å². The average molecular weight is 247 g/mol. The fourth-order valence-electron chi connectivity index (χ4n) is 2.99. The zero-order valence-corrected chi connectivity index (χ0v) is 11.3. The molecule has 3 unspecified atom stereocenters. The zero-order valence-electron chi connectivity index (χ0n) is 10.6. The number of halogens is 1. The van der Waals surface area contributed by atoms with E-state index in [1.54, 1.807) is 0 Å². The summed E-state index contributed by atoms with van der Waals surface area (Å²) in [5, 5.41) is 0. The molecule has 2 aliphatic heterocycles. The van der Waals surface area contributed by atoms with E-state index in [1.165, 1.54) is 6.42 Å². The minimum Gasteiger partial charge on any atom is -0.378 e. The topological polar surface area (TPSA) is 18.5 Å². The van der Waals surface area contributed by atoms with Gasteiger partial charge in [-0.15, -0.1) is 11.6 Å². The summed E-state index contributed by atoms with van der Waals surface area (Å²) in [5.74, 6) is 0.689. The van der Waals surface area contributed by atoms with E-state index in [0.29, 0.717) is 12.0 Å². The summed E-state index contributed by atoms with van der Waals surface area (Å²) < 4.78 is 11.8. The van der Waals surface area contributed by atoms with Crippen molar-refractivity contribution in [1.82, 2.24) is 0 Å². The largest absolute Gasteiger partial charge is 0.378 e. The second-order valence-corrected chi connectivity index (χ2v) is 6.27. The lowest BCUT2D eigenvalue weighted by molar-refractivity contribution is -0.0423. The molecule has 2 fully saturated rings. The van der Waals surface area contributed by atoms with Gasteiger partial charge in [0.05, 0.1) is 17.8 Å². The summed E-state index contributed by atoms with van der Waals surface area (Å²) in [7, 11) is 0.